The van der Waals surface area contributed by atoms with E-state index in [1.807, 2.05) is 0 Å². The highest BCUT2D eigenvalue weighted by Gasteiger charge is 2.05. The van der Waals surface area contributed by atoms with Crippen LogP contribution in [0.3, 0.4) is 0 Å². The van der Waals surface area contributed by atoms with E-state index in [-0.39, 0.29) is 18.9 Å². The number of hydrogen-bond acceptors (Lipinski definition) is 5. The van der Waals surface area contributed by atoms with Gasteiger partial charge in [-0.1, -0.05) is 12.1 Å². The molecule has 94 valence electrons. The third-order valence-electron chi connectivity index (χ3n) is 2.29. The summed E-state index contributed by atoms with van der Waals surface area (Å²) in [6, 6.07) is 8.06. The number of esters is 1. The first-order valence-electron chi connectivity index (χ1n) is 5.36. The number of carbonyl (C=O) groups is 1. The second-order valence-electron chi connectivity index (χ2n) is 3.77. The molecule has 1 aromatic carbocycles. The SMILES string of the molecule is Nc1ccn(CC(=O)OCc2ccc(O)cc2)n1. The van der Waals surface area contributed by atoms with Gasteiger partial charge in [0.25, 0.3) is 0 Å². The Morgan fingerprint density at radius 2 is 2.06 bits per heavy atom. The molecular weight excluding hydrogens is 234 g/mol. The lowest BCUT2D eigenvalue weighted by Gasteiger charge is -2.05. The summed E-state index contributed by atoms with van der Waals surface area (Å²) in [5, 5.41) is 13.0. The highest BCUT2D eigenvalue weighted by Crippen LogP contribution is 2.10. The van der Waals surface area contributed by atoms with Gasteiger partial charge in [-0.05, 0) is 23.8 Å². The predicted octanol–water partition coefficient (Wildman–Crippen LogP) is 0.914. The third-order valence-corrected chi connectivity index (χ3v) is 2.29. The average molecular weight is 247 g/mol. The minimum atomic E-state index is -0.397. The Balaban J connectivity index is 1.83. The summed E-state index contributed by atoms with van der Waals surface area (Å²) in [4.78, 5) is 11.5. The fraction of sp³-hybridized carbons (Fsp3) is 0.167. The molecule has 3 N–H and O–H groups in total. The molecule has 2 rings (SSSR count). The average Bonchev–Trinajstić information content (AvgIpc) is 2.74. The summed E-state index contributed by atoms with van der Waals surface area (Å²) < 4.78 is 6.47. The van der Waals surface area contributed by atoms with E-state index in [1.165, 1.54) is 16.8 Å². The van der Waals surface area contributed by atoms with Crippen LogP contribution in [-0.2, 0) is 22.7 Å². The number of nitrogens with two attached hydrogens (primary N) is 1. The molecule has 0 aliphatic heterocycles. The van der Waals surface area contributed by atoms with Crippen LogP contribution in [0, 0.1) is 0 Å². The lowest BCUT2D eigenvalue weighted by atomic mass is 10.2. The van der Waals surface area contributed by atoms with Gasteiger partial charge in [-0.25, -0.2) is 0 Å². The lowest BCUT2D eigenvalue weighted by molar-refractivity contribution is -0.145. The predicted molar refractivity (Wildman–Crippen MR) is 64.5 cm³/mol. The van der Waals surface area contributed by atoms with E-state index in [0.717, 1.165) is 5.56 Å². The molecule has 0 atom stereocenters. The van der Waals surface area contributed by atoms with Gasteiger partial charge in [-0.3, -0.25) is 9.48 Å². The number of rotatable bonds is 4. The number of carbonyl (C=O) groups excluding carboxylic acids is 1. The molecule has 0 bridgehead atoms. The van der Waals surface area contributed by atoms with Crippen LogP contribution in [0.4, 0.5) is 5.82 Å². The van der Waals surface area contributed by atoms with Crippen LogP contribution in [0.1, 0.15) is 5.56 Å². The Bertz CT molecular complexity index is 534. The molecule has 6 nitrogen and oxygen atoms in total. The zero-order chi connectivity index (χ0) is 13.0. The number of hydrogen-bond donors (Lipinski definition) is 2. The molecule has 1 heterocycles. The molecule has 0 saturated heterocycles. The number of benzene rings is 1. The summed E-state index contributed by atoms with van der Waals surface area (Å²) in [7, 11) is 0. The smallest absolute Gasteiger partial charge is 0.328 e. The molecule has 1 aromatic heterocycles. The van der Waals surface area contributed by atoms with Crippen molar-refractivity contribution in [2.45, 2.75) is 13.2 Å². The van der Waals surface area contributed by atoms with Gasteiger partial charge < -0.3 is 15.6 Å². The standard InChI is InChI=1S/C12H13N3O3/c13-11-5-6-15(14-11)7-12(17)18-8-9-1-3-10(16)4-2-9/h1-6,16H,7-8H2,(H2,13,14). The van der Waals surface area contributed by atoms with E-state index in [1.54, 1.807) is 24.4 Å². The first-order valence-corrected chi connectivity index (χ1v) is 5.36. The summed E-state index contributed by atoms with van der Waals surface area (Å²) in [6.07, 6.45) is 1.61. The molecule has 0 saturated carbocycles. The summed E-state index contributed by atoms with van der Waals surface area (Å²) in [5.74, 6) is 0.143. The zero-order valence-corrected chi connectivity index (χ0v) is 9.61. The van der Waals surface area contributed by atoms with Crippen molar-refractivity contribution < 1.29 is 14.6 Å². The minimum Gasteiger partial charge on any atom is -0.508 e. The van der Waals surface area contributed by atoms with Crippen molar-refractivity contribution in [3.8, 4) is 5.75 Å². The lowest BCUT2D eigenvalue weighted by Crippen LogP contribution is -2.14. The Hall–Kier alpha value is -2.50. The van der Waals surface area contributed by atoms with E-state index < -0.39 is 5.97 Å². The maximum Gasteiger partial charge on any atom is 0.328 e. The minimum absolute atomic E-state index is 0.0231. The van der Waals surface area contributed by atoms with Gasteiger partial charge >= 0.3 is 5.97 Å². The number of nitrogen functional groups attached to an aromatic ring is 1. The molecule has 0 aliphatic carbocycles. The van der Waals surface area contributed by atoms with Crippen molar-refractivity contribution in [3.05, 3.63) is 42.1 Å². The maximum atomic E-state index is 11.5. The number of phenols is 1. The number of aromatic nitrogens is 2. The number of anilines is 1. The van der Waals surface area contributed by atoms with Gasteiger partial charge in [0.05, 0.1) is 0 Å². The van der Waals surface area contributed by atoms with Gasteiger partial charge in [0.1, 0.15) is 24.7 Å². The van der Waals surface area contributed by atoms with Crippen LogP contribution in [0.2, 0.25) is 0 Å². The van der Waals surface area contributed by atoms with E-state index in [9.17, 15) is 4.79 Å². The molecule has 0 unspecified atom stereocenters. The molecule has 0 amide bonds. The van der Waals surface area contributed by atoms with Crippen molar-refractivity contribution >= 4 is 11.8 Å². The Morgan fingerprint density at radius 1 is 1.33 bits per heavy atom. The molecule has 6 heteroatoms. The van der Waals surface area contributed by atoms with Crippen molar-refractivity contribution in [2.75, 3.05) is 5.73 Å². The number of ether oxygens (including phenoxy) is 1. The van der Waals surface area contributed by atoms with Crippen LogP contribution >= 0.6 is 0 Å². The van der Waals surface area contributed by atoms with Crippen LogP contribution < -0.4 is 5.73 Å². The topological polar surface area (TPSA) is 90.4 Å². The van der Waals surface area contributed by atoms with Gasteiger partial charge in [0.15, 0.2) is 0 Å². The fourth-order valence-electron chi connectivity index (χ4n) is 1.40. The number of phenolic OH excluding ortho intramolecular Hbond substituents is 1. The largest absolute Gasteiger partial charge is 0.508 e. The summed E-state index contributed by atoms with van der Waals surface area (Å²) >= 11 is 0. The van der Waals surface area contributed by atoms with Crippen molar-refractivity contribution in [2.24, 2.45) is 0 Å². The monoisotopic (exact) mass is 247 g/mol. The second-order valence-corrected chi connectivity index (χ2v) is 3.77. The van der Waals surface area contributed by atoms with Crippen LogP contribution in [0.25, 0.3) is 0 Å². The molecule has 0 spiro atoms. The molecule has 2 aromatic rings. The van der Waals surface area contributed by atoms with Crippen LogP contribution in [0.15, 0.2) is 36.5 Å². The summed E-state index contributed by atoms with van der Waals surface area (Å²) in [6.45, 7) is 0.186. The van der Waals surface area contributed by atoms with E-state index in [2.05, 4.69) is 5.10 Å². The number of aromatic hydroxyl groups is 1. The Kier molecular flexibility index (Phi) is 3.47. The first kappa shape index (κ1) is 12.0. The normalized spacial score (nSPS) is 10.2. The van der Waals surface area contributed by atoms with Gasteiger partial charge in [-0.2, -0.15) is 5.10 Å². The molecule has 0 fully saturated rings. The fourth-order valence-corrected chi connectivity index (χ4v) is 1.40. The van der Waals surface area contributed by atoms with Crippen LogP contribution in [0.5, 0.6) is 5.75 Å². The molecular formula is C12H13N3O3. The van der Waals surface area contributed by atoms with Crippen molar-refractivity contribution in [1.29, 1.82) is 0 Å². The quantitative estimate of drug-likeness (QED) is 0.784. The molecule has 0 aliphatic rings. The van der Waals surface area contributed by atoms with Gasteiger partial charge in [0, 0.05) is 6.20 Å². The summed E-state index contributed by atoms with van der Waals surface area (Å²) in [5.41, 5.74) is 6.23. The van der Waals surface area contributed by atoms with E-state index in [4.69, 9.17) is 15.6 Å². The maximum absolute atomic E-state index is 11.5. The van der Waals surface area contributed by atoms with E-state index >= 15 is 0 Å². The van der Waals surface area contributed by atoms with Crippen LogP contribution in [-0.4, -0.2) is 20.9 Å². The van der Waals surface area contributed by atoms with E-state index in [0.29, 0.717) is 5.82 Å². The zero-order valence-electron chi connectivity index (χ0n) is 9.61. The van der Waals surface area contributed by atoms with Gasteiger partial charge in [0.2, 0.25) is 0 Å². The highest BCUT2D eigenvalue weighted by molar-refractivity contribution is 5.69. The molecule has 0 radical (unpaired) electrons. The Morgan fingerprint density at radius 3 is 2.67 bits per heavy atom. The van der Waals surface area contributed by atoms with Crippen molar-refractivity contribution in [3.63, 3.8) is 0 Å². The Labute approximate surface area is 104 Å². The van der Waals surface area contributed by atoms with Crippen molar-refractivity contribution in [1.82, 2.24) is 9.78 Å². The molecule has 18 heavy (non-hydrogen) atoms. The second kappa shape index (κ2) is 5.22. The number of nitrogens with zero attached hydrogens (tertiary/aromatic N) is 2. The third kappa shape index (κ3) is 3.24. The van der Waals surface area contributed by atoms with Gasteiger partial charge in [-0.15, -0.1) is 0 Å². The first-order chi connectivity index (χ1) is 8.63. The highest BCUT2D eigenvalue weighted by atomic mass is 16.5.